The molecule has 154 valence electrons. The lowest BCUT2D eigenvalue weighted by molar-refractivity contribution is -0.126. The van der Waals surface area contributed by atoms with E-state index in [0.29, 0.717) is 43.1 Å². The van der Waals surface area contributed by atoms with Crippen LogP contribution in [0.4, 0.5) is 0 Å². The van der Waals surface area contributed by atoms with Crippen LogP contribution in [-0.2, 0) is 4.79 Å². The first kappa shape index (κ1) is 21.3. The molecule has 2 amide bonds. The van der Waals surface area contributed by atoms with Gasteiger partial charge < -0.3 is 15.1 Å². The Kier molecular flexibility index (Phi) is 7.29. The average molecular weight is 414 g/mol. The largest absolute Gasteiger partial charge is 0.354 e. The molecule has 0 radical (unpaired) electrons. The quantitative estimate of drug-likeness (QED) is 0.787. The van der Waals surface area contributed by atoms with E-state index in [0.717, 1.165) is 0 Å². The Morgan fingerprint density at radius 2 is 1.69 bits per heavy atom. The van der Waals surface area contributed by atoms with Gasteiger partial charge in [0.1, 0.15) is 0 Å². The number of amides is 2. The lowest BCUT2D eigenvalue weighted by Crippen LogP contribution is -2.44. The smallest absolute Gasteiger partial charge is 0.253 e. The molecule has 0 aliphatic carbocycles. The van der Waals surface area contributed by atoms with Gasteiger partial charge in [0.05, 0.1) is 6.04 Å². The van der Waals surface area contributed by atoms with Gasteiger partial charge in [0, 0.05) is 36.1 Å². The van der Waals surface area contributed by atoms with Crippen molar-refractivity contribution in [2.75, 3.05) is 33.7 Å². The number of hydrogen-bond acceptors (Lipinski definition) is 3. The Labute approximate surface area is 177 Å². The van der Waals surface area contributed by atoms with Gasteiger partial charge in [-0.2, -0.15) is 0 Å². The molecule has 2 aromatic rings. The van der Waals surface area contributed by atoms with E-state index in [9.17, 15) is 9.59 Å². The molecule has 5 nitrogen and oxygen atoms in total. The van der Waals surface area contributed by atoms with Crippen LogP contribution in [0.5, 0.6) is 0 Å². The van der Waals surface area contributed by atoms with Crippen molar-refractivity contribution in [1.29, 1.82) is 0 Å². The van der Waals surface area contributed by atoms with E-state index in [2.05, 4.69) is 22.3 Å². The van der Waals surface area contributed by atoms with Crippen molar-refractivity contribution in [3.8, 4) is 0 Å². The first-order valence-electron chi connectivity index (χ1n) is 9.99. The number of nitrogens with one attached hydrogen (secondary N) is 1. The number of rotatable bonds is 6. The van der Waals surface area contributed by atoms with E-state index in [1.54, 1.807) is 24.3 Å². The normalized spacial score (nSPS) is 15.9. The summed E-state index contributed by atoms with van der Waals surface area (Å²) in [4.78, 5) is 29.2. The zero-order valence-corrected chi connectivity index (χ0v) is 17.7. The summed E-state index contributed by atoms with van der Waals surface area (Å²) in [5.74, 6) is 0.0199. The van der Waals surface area contributed by atoms with Crippen LogP contribution >= 0.6 is 11.6 Å². The molecular weight excluding hydrogens is 386 g/mol. The molecule has 1 atom stereocenters. The summed E-state index contributed by atoms with van der Waals surface area (Å²) in [5.41, 5.74) is 1.81. The summed E-state index contributed by atoms with van der Waals surface area (Å²) < 4.78 is 0. The minimum Gasteiger partial charge on any atom is -0.354 e. The number of nitrogens with zero attached hydrogens (tertiary/aromatic N) is 2. The van der Waals surface area contributed by atoms with Gasteiger partial charge in [-0.25, -0.2) is 0 Å². The number of likely N-dealkylation sites (N-methyl/N-ethyl adjacent to an activating group) is 1. The minimum absolute atomic E-state index is 0.00252. The Morgan fingerprint density at radius 1 is 1.07 bits per heavy atom. The second-order valence-corrected chi connectivity index (χ2v) is 8.15. The molecule has 2 aromatic carbocycles. The lowest BCUT2D eigenvalue weighted by atomic mass is 9.95. The maximum atomic E-state index is 12.7. The molecule has 29 heavy (non-hydrogen) atoms. The van der Waals surface area contributed by atoms with Gasteiger partial charge in [0.2, 0.25) is 5.91 Å². The first-order valence-corrected chi connectivity index (χ1v) is 10.4. The fourth-order valence-electron chi connectivity index (χ4n) is 3.74. The maximum absolute atomic E-state index is 12.7. The molecule has 0 saturated carbocycles. The third-order valence-corrected chi connectivity index (χ3v) is 5.77. The Bertz CT molecular complexity index is 816. The number of carbonyl (C=O) groups is 2. The van der Waals surface area contributed by atoms with Gasteiger partial charge in [-0.05, 0) is 56.8 Å². The van der Waals surface area contributed by atoms with Crippen molar-refractivity contribution in [1.82, 2.24) is 15.1 Å². The highest BCUT2D eigenvalue weighted by Crippen LogP contribution is 2.21. The lowest BCUT2D eigenvalue weighted by Gasteiger charge is -2.32. The topological polar surface area (TPSA) is 52.7 Å². The van der Waals surface area contributed by atoms with Crippen molar-refractivity contribution in [2.45, 2.75) is 18.9 Å². The van der Waals surface area contributed by atoms with Crippen LogP contribution in [0.1, 0.15) is 34.8 Å². The Morgan fingerprint density at radius 3 is 2.28 bits per heavy atom. The maximum Gasteiger partial charge on any atom is 0.253 e. The summed E-state index contributed by atoms with van der Waals surface area (Å²) in [6.45, 7) is 1.75. The number of piperidine rings is 1. The molecule has 1 N–H and O–H groups in total. The summed E-state index contributed by atoms with van der Waals surface area (Å²) in [7, 11) is 4.04. The minimum atomic E-state index is -0.0529. The Hall–Kier alpha value is -2.37. The van der Waals surface area contributed by atoms with Crippen molar-refractivity contribution >= 4 is 23.4 Å². The summed E-state index contributed by atoms with van der Waals surface area (Å²) in [6, 6.07) is 17.3. The van der Waals surface area contributed by atoms with E-state index in [4.69, 9.17) is 11.6 Å². The summed E-state index contributed by atoms with van der Waals surface area (Å²) in [6.07, 6.45) is 1.37. The fourth-order valence-corrected chi connectivity index (χ4v) is 3.86. The zero-order chi connectivity index (χ0) is 20.8. The van der Waals surface area contributed by atoms with Crippen LogP contribution in [0.25, 0.3) is 0 Å². The highest BCUT2D eigenvalue weighted by Gasteiger charge is 2.28. The molecule has 3 rings (SSSR count). The van der Waals surface area contributed by atoms with Crippen molar-refractivity contribution < 1.29 is 9.59 Å². The molecule has 1 fully saturated rings. The SMILES string of the molecule is CN(C)C(CNC(=O)C1CCN(C(=O)c2ccc(Cl)cc2)CC1)c1ccccc1. The van der Waals surface area contributed by atoms with Crippen molar-refractivity contribution in [3.63, 3.8) is 0 Å². The van der Waals surface area contributed by atoms with Crippen LogP contribution in [0.15, 0.2) is 54.6 Å². The summed E-state index contributed by atoms with van der Waals surface area (Å²) >= 11 is 5.89. The fraction of sp³-hybridized carbons (Fsp3) is 0.391. The van der Waals surface area contributed by atoms with Gasteiger partial charge >= 0.3 is 0 Å². The molecular formula is C23H28ClN3O2. The molecule has 1 saturated heterocycles. The number of likely N-dealkylation sites (tertiary alicyclic amines) is 1. The first-order chi connectivity index (χ1) is 14.0. The average Bonchev–Trinajstić information content (AvgIpc) is 2.74. The van der Waals surface area contributed by atoms with Crippen LogP contribution in [-0.4, -0.2) is 55.3 Å². The zero-order valence-electron chi connectivity index (χ0n) is 17.0. The van der Waals surface area contributed by atoms with Crippen LogP contribution in [0.2, 0.25) is 5.02 Å². The number of carbonyl (C=O) groups excluding carboxylic acids is 2. The van der Waals surface area contributed by atoms with Gasteiger partial charge in [-0.3, -0.25) is 9.59 Å². The molecule has 0 aromatic heterocycles. The third-order valence-electron chi connectivity index (χ3n) is 5.52. The molecule has 0 spiro atoms. The molecule has 6 heteroatoms. The highest BCUT2D eigenvalue weighted by atomic mass is 35.5. The highest BCUT2D eigenvalue weighted by molar-refractivity contribution is 6.30. The molecule has 1 unspecified atom stereocenters. The van der Waals surface area contributed by atoms with E-state index >= 15 is 0 Å². The predicted octanol–water partition coefficient (Wildman–Crippen LogP) is 3.61. The summed E-state index contributed by atoms with van der Waals surface area (Å²) in [5, 5.41) is 3.73. The van der Waals surface area contributed by atoms with Crippen LogP contribution in [0.3, 0.4) is 0 Å². The third kappa shape index (κ3) is 5.58. The number of hydrogen-bond donors (Lipinski definition) is 1. The van der Waals surface area contributed by atoms with E-state index in [-0.39, 0.29) is 23.8 Å². The van der Waals surface area contributed by atoms with Gasteiger partial charge in [0.25, 0.3) is 5.91 Å². The molecule has 0 bridgehead atoms. The van der Waals surface area contributed by atoms with Gasteiger partial charge in [-0.15, -0.1) is 0 Å². The molecule has 1 aliphatic rings. The van der Waals surface area contributed by atoms with E-state index in [1.807, 2.05) is 37.2 Å². The van der Waals surface area contributed by atoms with Gasteiger partial charge in [-0.1, -0.05) is 41.9 Å². The van der Waals surface area contributed by atoms with Crippen molar-refractivity contribution in [3.05, 3.63) is 70.7 Å². The standard InChI is InChI=1S/C23H28ClN3O2/c1-26(2)21(17-6-4-3-5-7-17)16-25-22(28)18-12-14-27(15-13-18)23(29)19-8-10-20(24)11-9-19/h3-11,18,21H,12-16H2,1-2H3,(H,25,28). The second-order valence-electron chi connectivity index (χ2n) is 7.71. The second kappa shape index (κ2) is 9.90. The van der Waals surface area contributed by atoms with E-state index in [1.165, 1.54) is 5.56 Å². The van der Waals surface area contributed by atoms with Gasteiger partial charge in [0.15, 0.2) is 0 Å². The Balaban J connectivity index is 1.50. The monoisotopic (exact) mass is 413 g/mol. The molecule has 1 heterocycles. The predicted molar refractivity (Wildman–Crippen MR) is 116 cm³/mol. The molecule has 1 aliphatic heterocycles. The van der Waals surface area contributed by atoms with E-state index < -0.39 is 0 Å². The number of benzene rings is 2. The van der Waals surface area contributed by atoms with Crippen LogP contribution in [0, 0.1) is 5.92 Å². The number of halogens is 1. The van der Waals surface area contributed by atoms with Crippen molar-refractivity contribution in [2.24, 2.45) is 5.92 Å². The van der Waals surface area contributed by atoms with Crippen LogP contribution < -0.4 is 5.32 Å².